The van der Waals surface area contributed by atoms with Gasteiger partial charge in [-0.3, -0.25) is 4.79 Å². The molecule has 2 unspecified atom stereocenters. The highest BCUT2D eigenvalue weighted by Gasteiger charge is 2.88. The number of carbonyl (C=O) groups is 1. The summed E-state index contributed by atoms with van der Waals surface area (Å²) >= 11 is 2.41. The van der Waals surface area contributed by atoms with Gasteiger partial charge in [-0.2, -0.15) is 0 Å². The van der Waals surface area contributed by atoms with E-state index in [4.69, 9.17) is 9.47 Å². The molecular formula is C17H25IO3. The Kier molecular flexibility index (Phi) is 2.92. The Hall–Kier alpha value is 0.160. The van der Waals surface area contributed by atoms with Crippen molar-refractivity contribution in [2.75, 3.05) is 0 Å². The summed E-state index contributed by atoms with van der Waals surface area (Å²) in [5.74, 6) is 1.49. The Morgan fingerprint density at radius 2 is 1.86 bits per heavy atom. The van der Waals surface area contributed by atoms with Crippen molar-refractivity contribution in [2.24, 2.45) is 35.0 Å². The molecule has 2 heterocycles. The smallest absolute Gasteiger partial charge is 0.311 e. The molecule has 4 fully saturated rings. The van der Waals surface area contributed by atoms with E-state index in [1.165, 1.54) is 12.8 Å². The molecule has 1 spiro atoms. The summed E-state index contributed by atoms with van der Waals surface area (Å²) in [7, 11) is 0. The van der Waals surface area contributed by atoms with E-state index in [9.17, 15) is 4.79 Å². The zero-order valence-electron chi connectivity index (χ0n) is 13.3. The molecule has 0 bridgehead atoms. The standard InChI is InChI=1S/C17H25IO3/c1-9-5-6-13-10(2)14(19)20-17-11(3)16(13,17)12(9)7-8-15(4,18)21-17/h9-13H,5-8H2,1-4H3/t9-,10-,11-,12?,13?,15+,16+,17+/m1/s1. The van der Waals surface area contributed by atoms with Crippen LogP contribution in [0.3, 0.4) is 0 Å². The lowest BCUT2D eigenvalue weighted by Gasteiger charge is -2.48. The number of halogens is 1. The van der Waals surface area contributed by atoms with Gasteiger partial charge in [0.05, 0.1) is 11.3 Å². The summed E-state index contributed by atoms with van der Waals surface area (Å²) < 4.78 is 12.3. The van der Waals surface area contributed by atoms with Crippen molar-refractivity contribution in [1.82, 2.24) is 0 Å². The Bertz CT molecular complexity index is 504. The van der Waals surface area contributed by atoms with E-state index in [0.717, 1.165) is 12.8 Å². The molecular weight excluding hydrogens is 379 g/mol. The van der Waals surface area contributed by atoms with Gasteiger partial charge in [0.2, 0.25) is 5.79 Å². The maximum Gasteiger partial charge on any atom is 0.311 e. The lowest BCUT2D eigenvalue weighted by Crippen LogP contribution is -2.51. The third-order valence-corrected chi connectivity index (χ3v) is 7.91. The van der Waals surface area contributed by atoms with Crippen molar-refractivity contribution in [3.05, 3.63) is 0 Å². The number of ether oxygens (including phenoxy) is 2. The lowest BCUT2D eigenvalue weighted by atomic mass is 9.58. The van der Waals surface area contributed by atoms with Gasteiger partial charge >= 0.3 is 5.97 Å². The highest BCUT2D eigenvalue weighted by atomic mass is 127. The molecule has 2 saturated heterocycles. The Labute approximate surface area is 140 Å². The van der Waals surface area contributed by atoms with Gasteiger partial charge in [-0.05, 0) is 66.5 Å². The number of hydrogen-bond donors (Lipinski definition) is 0. The SMILES string of the molecule is C[C@@H]1CCC2[C@@H](C)C(=O)O[C@@]34O[C@](C)(I)CCC1[C@@]23[C@H]4C. The van der Waals surface area contributed by atoms with Gasteiger partial charge in [0.1, 0.15) is 3.61 Å². The molecule has 0 aromatic carbocycles. The predicted molar refractivity (Wildman–Crippen MR) is 87.7 cm³/mol. The molecule has 4 aliphatic rings. The van der Waals surface area contributed by atoms with Gasteiger partial charge in [-0.15, -0.1) is 0 Å². The molecule has 2 aliphatic carbocycles. The summed E-state index contributed by atoms with van der Waals surface area (Å²) in [6.45, 7) is 8.85. The van der Waals surface area contributed by atoms with Crippen LogP contribution in [0.4, 0.5) is 0 Å². The summed E-state index contributed by atoms with van der Waals surface area (Å²) in [4.78, 5) is 12.4. The Balaban J connectivity index is 1.87. The number of alkyl halides is 1. The van der Waals surface area contributed by atoms with E-state index in [2.05, 4.69) is 50.3 Å². The Morgan fingerprint density at radius 3 is 2.57 bits per heavy atom. The fraction of sp³-hybridized carbons (Fsp3) is 0.941. The van der Waals surface area contributed by atoms with Crippen LogP contribution in [0.2, 0.25) is 0 Å². The van der Waals surface area contributed by atoms with Crippen molar-refractivity contribution < 1.29 is 14.3 Å². The molecule has 0 amide bonds. The summed E-state index contributed by atoms with van der Waals surface area (Å²) in [5.41, 5.74) is 0.0843. The van der Waals surface area contributed by atoms with Crippen LogP contribution in [-0.4, -0.2) is 15.4 Å². The summed E-state index contributed by atoms with van der Waals surface area (Å²) in [6.07, 6.45) is 4.65. The second kappa shape index (κ2) is 4.16. The number of rotatable bonds is 0. The van der Waals surface area contributed by atoms with Gasteiger partial charge in [0.25, 0.3) is 0 Å². The molecule has 0 aromatic heterocycles. The second-order valence-electron chi connectivity index (χ2n) is 8.04. The zero-order chi connectivity index (χ0) is 15.2. The van der Waals surface area contributed by atoms with Crippen LogP contribution in [0.5, 0.6) is 0 Å². The van der Waals surface area contributed by atoms with Crippen molar-refractivity contribution in [2.45, 2.75) is 62.8 Å². The molecule has 3 nitrogen and oxygen atoms in total. The van der Waals surface area contributed by atoms with Gasteiger partial charge in [0, 0.05) is 5.92 Å². The largest absolute Gasteiger partial charge is 0.432 e. The first-order valence-electron chi connectivity index (χ1n) is 8.38. The fourth-order valence-electron chi connectivity index (χ4n) is 6.18. The van der Waals surface area contributed by atoms with E-state index in [0.29, 0.717) is 23.7 Å². The zero-order valence-corrected chi connectivity index (χ0v) is 15.5. The molecule has 4 heteroatoms. The summed E-state index contributed by atoms with van der Waals surface area (Å²) in [5, 5.41) is 0. The number of esters is 1. The molecule has 118 valence electrons. The second-order valence-corrected chi connectivity index (χ2v) is 10.3. The molecule has 0 aromatic rings. The van der Waals surface area contributed by atoms with E-state index < -0.39 is 5.79 Å². The minimum atomic E-state index is -0.632. The van der Waals surface area contributed by atoms with E-state index in [1.54, 1.807) is 0 Å². The molecule has 0 radical (unpaired) electrons. The van der Waals surface area contributed by atoms with Crippen LogP contribution in [0, 0.1) is 35.0 Å². The van der Waals surface area contributed by atoms with E-state index >= 15 is 0 Å². The average molecular weight is 404 g/mol. The van der Waals surface area contributed by atoms with Crippen LogP contribution >= 0.6 is 22.6 Å². The predicted octanol–water partition coefficient (Wildman–Crippen LogP) is 4.14. The third kappa shape index (κ3) is 1.57. The van der Waals surface area contributed by atoms with Crippen LogP contribution < -0.4 is 0 Å². The fourth-order valence-corrected chi connectivity index (χ4v) is 6.82. The highest BCUT2D eigenvalue weighted by Crippen LogP contribution is 2.81. The van der Waals surface area contributed by atoms with Crippen molar-refractivity contribution >= 4 is 28.6 Å². The van der Waals surface area contributed by atoms with Crippen LogP contribution in [0.25, 0.3) is 0 Å². The molecule has 2 aliphatic heterocycles. The third-order valence-electron chi connectivity index (χ3n) is 7.15. The summed E-state index contributed by atoms with van der Waals surface area (Å²) in [6, 6.07) is 0. The van der Waals surface area contributed by atoms with Crippen LogP contribution in [-0.2, 0) is 14.3 Å². The number of hydrogen-bond acceptors (Lipinski definition) is 3. The molecule has 2 saturated carbocycles. The minimum Gasteiger partial charge on any atom is -0.432 e. The maximum absolute atomic E-state index is 12.4. The van der Waals surface area contributed by atoms with Crippen molar-refractivity contribution in [3.63, 3.8) is 0 Å². The molecule has 21 heavy (non-hydrogen) atoms. The average Bonchev–Trinajstić information content (AvgIpc) is 2.91. The molecule has 8 atom stereocenters. The van der Waals surface area contributed by atoms with Crippen molar-refractivity contribution in [3.8, 4) is 0 Å². The maximum atomic E-state index is 12.4. The van der Waals surface area contributed by atoms with E-state index in [-0.39, 0.29) is 20.9 Å². The minimum absolute atomic E-state index is 0.0280. The first-order valence-corrected chi connectivity index (χ1v) is 9.46. The van der Waals surface area contributed by atoms with Crippen LogP contribution in [0.15, 0.2) is 0 Å². The molecule has 0 N–H and O–H groups in total. The monoisotopic (exact) mass is 404 g/mol. The van der Waals surface area contributed by atoms with Gasteiger partial charge in [-0.1, -0.05) is 27.2 Å². The molecule has 4 rings (SSSR count). The topological polar surface area (TPSA) is 35.5 Å². The highest BCUT2D eigenvalue weighted by molar-refractivity contribution is 14.1. The quantitative estimate of drug-likeness (QED) is 0.346. The van der Waals surface area contributed by atoms with E-state index in [1.807, 2.05) is 0 Å². The number of carbonyl (C=O) groups excluding carboxylic acids is 1. The van der Waals surface area contributed by atoms with Gasteiger partial charge in [-0.25, -0.2) is 0 Å². The lowest BCUT2D eigenvalue weighted by molar-refractivity contribution is -0.249. The first kappa shape index (κ1) is 14.7. The normalized spacial score (nSPS) is 62.1. The first-order chi connectivity index (χ1) is 9.76. The van der Waals surface area contributed by atoms with Crippen LogP contribution in [0.1, 0.15) is 53.4 Å². The Morgan fingerprint density at radius 1 is 1.14 bits per heavy atom. The van der Waals surface area contributed by atoms with Crippen molar-refractivity contribution in [1.29, 1.82) is 0 Å². The van der Waals surface area contributed by atoms with Gasteiger partial charge in [0.15, 0.2) is 0 Å². The van der Waals surface area contributed by atoms with Gasteiger partial charge < -0.3 is 9.47 Å².